The Kier molecular flexibility index (Phi) is 3.26. The number of nitrogens with zero attached hydrogens (tertiary/aromatic N) is 2. The summed E-state index contributed by atoms with van der Waals surface area (Å²) >= 11 is 0. The Labute approximate surface area is 118 Å². The van der Waals surface area contributed by atoms with Gasteiger partial charge in [-0.05, 0) is 17.2 Å². The summed E-state index contributed by atoms with van der Waals surface area (Å²) in [5, 5.41) is 0. The van der Waals surface area contributed by atoms with Crippen molar-refractivity contribution in [3.05, 3.63) is 84.3 Å². The summed E-state index contributed by atoms with van der Waals surface area (Å²) in [5.41, 5.74) is 4.58. The van der Waals surface area contributed by atoms with Gasteiger partial charge in [-0.15, -0.1) is 0 Å². The molecule has 0 aliphatic carbocycles. The lowest BCUT2D eigenvalue weighted by Gasteiger charge is -2.05. The molecular formula is C18H12N2. The summed E-state index contributed by atoms with van der Waals surface area (Å²) in [5.74, 6) is 0. The summed E-state index contributed by atoms with van der Waals surface area (Å²) in [6.07, 6.45) is 1.83. The number of pyridine rings is 1. The van der Waals surface area contributed by atoms with Crippen LogP contribution < -0.4 is 0 Å². The van der Waals surface area contributed by atoms with E-state index in [0.29, 0.717) is 5.69 Å². The molecule has 2 nitrogen and oxygen atoms in total. The van der Waals surface area contributed by atoms with Gasteiger partial charge in [-0.3, -0.25) is 4.98 Å². The van der Waals surface area contributed by atoms with Gasteiger partial charge in [-0.2, -0.15) is 0 Å². The number of para-hydroxylation sites is 1. The van der Waals surface area contributed by atoms with E-state index in [4.69, 9.17) is 6.57 Å². The van der Waals surface area contributed by atoms with Crippen LogP contribution in [0.2, 0.25) is 0 Å². The van der Waals surface area contributed by atoms with Crippen molar-refractivity contribution in [3.63, 3.8) is 0 Å². The Morgan fingerprint density at radius 1 is 0.750 bits per heavy atom. The van der Waals surface area contributed by atoms with Crippen LogP contribution in [0.15, 0.2) is 72.9 Å². The van der Waals surface area contributed by atoms with E-state index in [1.807, 2.05) is 72.9 Å². The lowest BCUT2D eigenvalue weighted by Crippen LogP contribution is -1.85. The lowest BCUT2D eigenvalue weighted by atomic mass is 10.0. The predicted molar refractivity (Wildman–Crippen MR) is 81.4 cm³/mol. The van der Waals surface area contributed by atoms with Crippen LogP contribution in [-0.4, -0.2) is 4.98 Å². The number of aromatic nitrogens is 1. The van der Waals surface area contributed by atoms with E-state index >= 15 is 0 Å². The highest BCUT2D eigenvalue weighted by molar-refractivity contribution is 5.78. The second kappa shape index (κ2) is 5.38. The second-order valence-electron chi connectivity index (χ2n) is 4.43. The fraction of sp³-hybridized carbons (Fsp3) is 0. The summed E-state index contributed by atoms with van der Waals surface area (Å²) < 4.78 is 0. The first-order valence-electron chi connectivity index (χ1n) is 6.37. The van der Waals surface area contributed by atoms with Crippen LogP contribution in [-0.2, 0) is 0 Å². The maximum absolute atomic E-state index is 7.22. The molecule has 94 valence electrons. The molecule has 0 amide bonds. The minimum Gasteiger partial charge on any atom is -0.256 e. The molecule has 0 spiro atoms. The van der Waals surface area contributed by atoms with Gasteiger partial charge in [0.25, 0.3) is 0 Å². The summed E-state index contributed by atoms with van der Waals surface area (Å²) in [4.78, 5) is 8.05. The number of hydrogen-bond acceptors (Lipinski definition) is 1. The van der Waals surface area contributed by atoms with Gasteiger partial charge >= 0.3 is 0 Å². The minimum atomic E-state index is 0.654. The minimum absolute atomic E-state index is 0.654. The lowest BCUT2D eigenvalue weighted by molar-refractivity contribution is 1.33. The molecule has 0 bridgehead atoms. The van der Waals surface area contributed by atoms with Crippen LogP contribution in [0.1, 0.15) is 0 Å². The normalized spacial score (nSPS) is 9.95. The molecule has 2 aromatic carbocycles. The molecule has 0 radical (unpaired) electrons. The molecule has 3 rings (SSSR count). The average Bonchev–Trinajstić information content (AvgIpc) is 2.56. The third-order valence-corrected chi connectivity index (χ3v) is 3.17. The van der Waals surface area contributed by atoms with Gasteiger partial charge in [-0.25, -0.2) is 4.85 Å². The van der Waals surface area contributed by atoms with Crippen molar-refractivity contribution in [2.75, 3.05) is 0 Å². The molecule has 3 aromatic rings. The van der Waals surface area contributed by atoms with Crippen LogP contribution in [0.4, 0.5) is 5.69 Å². The molecule has 0 saturated heterocycles. The van der Waals surface area contributed by atoms with E-state index in [2.05, 4.69) is 9.83 Å². The van der Waals surface area contributed by atoms with Gasteiger partial charge in [0, 0.05) is 11.8 Å². The standard InChI is InChI=1S/C18H12N2/c1-19-18-10-6-5-9-16(18)15-11-12-17(20-13-15)14-7-3-2-4-8-14/h2-13H. The van der Waals surface area contributed by atoms with E-state index in [-0.39, 0.29) is 0 Å². The van der Waals surface area contributed by atoms with Crippen molar-refractivity contribution in [3.8, 4) is 22.4 Å². The molecule has 0 atom stereocenters. The largest absolute Gasteiger partial charge is 0.256 e. The smallest absolute Gasteiger partial charge is 0.194 e. The predicted octanol–water partition coefficient (Wildman–Crippen LogP) is 4.97. The molecule has 0 N–H and O–H groups in total. The molecule has 1 heterocycles. The van der Waals surface area contributed by atoms with Crippen LogP contribution in [0.3, 0.4) is 0 Å². The van der Waals surface area contributed by atoms with Crippen molar-refractivity contribution < 1.29 is 0 Å². The highest BCUT2D eigenvalue weighted by atomic mass is 14.7. The Bertz CT molecular complexity index is 753. The van der Waals surface area contributed by atoms with Crippen LogP contribution in [0.5, 0.6) is 0 Å². The third kappa shape index (κ3) is 2.30. The fourth-order valence-corrected chi connectivity index (χ4v) is 2.15. The molecule has 0 unspecified atom stereocenters. The highest BCUT2D eigenvalue weighted by Crippen LogP contribution is 2.30. The fourth-order valence-electron chi connectivity index (χ4n) is 2.15. The first-order valence-corrected chi connectivity index (χ1v) is 6.37. The van der Waals surface area contributed by atoms with Gasteiger partial charge in [0.05, 0.1) is 12.3 Å². The number of rotatable bonds is 2. The van der Waals surface area contributed by atoms with Crippen molar-refractivity contribution in [1.82, 2.24) is 4.98 Å². The van der Waals surface area contributed by atoms with Crippen molar-refractivity contribution in [1.29, 1.82) is 0 Å². The summed E-state index contributed by atoms with van der Waals surface area (Å²) in [6.45, 7) is 7.22. The second-order valence-corrected chi connectivity index (χ2v) is 4.43. The van der Waals surface area contributed by atoms with Crippen molar-refractivity contribution in [2.24, 2.45) is 0 Å². The Hall–Kier alpha value is -2.92. The molecule has 0 aliphatic rings. The van der Waals surface area contributed by atoms with Crippen LogP contribution in [0, 0.1) is 6.57 Å². The zero-order chi connectivity index (χ0) is 13.8. The molecule has 0 fully saturated rings. The van der Waals surface area contributed by atoms with Gasteiger partial charge < -0.3 is 0 Å². The van der Waals surface area contributed by atoms with E-state index in [1.165, 1.54) is 0 Å². The van der Waals surface area contributed by atoms with Crippen molar-refractivity contribution in [2.45, 2.75) is 0 Å². The van der Waals surface area contributed by atoms with E-state index in [0.717, 1.165) is 22.4 Å². The molecular weight excluding hydrogens is 244 g/mol. The summed E-state index contributed by atoms with van der Waals surface area (Å²) in [6, 6.07) is 21.7. The van der Waals surface area contributed by atoms with E-state index in [1.54, 1.807) is 0 Å². The van der Waals surface area contributed by atoms with Crippen LogP contribution in [0.25, 0.3) is 27.2 Å². The maximum Gasteiger partial charge on any atom is 0.194 e. The maximum atomic E-state index is 7.22. The molecule has 1 aromatic heterocycles. The topological polar surface area (TPSA) is 17.2 Å². The monoisotopic (exact) mass is 256 g/mol. The van der Waals surface area contributed by atoms with E-state index in [9.17, 15) is 0 Å². The van der Waals surface area contributed by atoms with Gasteiger partial charge in [0.15, 0.2) is 5.69 Å². The first kappa shape index (κ1) is 12.1. The zero-order valence-corrected chi connectivity index (χ0v) is 10.8. The van der Waals surface area contributed by atoms with Crippen molar-refractivity contribution >= 4 is 5.69 Å². The van der Waals surface area contributed by atoms with Gasteiger partial charge in [0.2, 0.25) is 0 Å². The zero-order valence-electron chi connectivity index (χ0n) is 10.8. The third-order valence-electron chi connectivity index (χ3n) is 3.17. The van der Waals surface area contributed by atoms with Gasteiger partial charge in [0.1, 0.15) is 0 Å². The highest BCUT2D eigenvalue weighted by Gasteiger charge is 2.05. The molecule has 0 aliphatic heterocycles. The molecule has 2 heteroatoms. The number of benzene rings is 2. The average molecular weight is 256 g/mol. The number of hydrogen-bond donors (Lipinski definition) is 0. The van der Waals surface area contributed by atoms with Gasteiger partial charge in [-0.1, -0.05) is 60.7 Å². The summed E-state index contributed by atoms with van der Waals surface area (Å²) in [7, 11) is 0. The van der Waals surface area contributed by atoms with Crippen LogP contribution >= 0.6 is 0 Å². The molecule has 20 heavy (non-hydrogen) atoms. The Balaban J connectivity index is 2.00. The quantitative estimate of drug-likeness (QED) is 0.592. The van der Waals surface area contributed by atoms with E-state index < -0.39 is 0 Å². The Morgan fingerprint density at radius 2 is 1.50 bits per heavy atom. The molecule has 0 saturated carbocycles. The Morgan fingerprint density at radius 3 is 2.20 bits per heavy atom. The first-order chi connectivity index (χ1) is 9.88. The SMILES string of the molecule is [C-]#[N+]c1ccccc1-c1ccc(-c2ccccc2)nc1.